The number of carbonyl (C=O) groups excluding carboxylic acids is 3. The van der Waals surface area contributed by atoms with Crippen LogP contribution in [0.5, 0.6) is 0 Å². The molecule has 31 heavy (non-hydrogen) atoms. The van der Waals surface area contributed by atoms with Crippen molar-refractivity contribution in [1.82, 2.24) is 0 Å². The predicted molar refractivity (Wildman–Crippen MR) is 116 cm³/mol. The van der Waals surface area contributed by atoms with Gasteiger partial charge < -0.3 is 15.8 Å². The van der Waals surface area contributed by atoms with E-state index in [4.69, 9.17) is 10.5 Å². The van der Waals surface area contributed by atoms with Crippen molar-refractivity contribution < 1.29 is 23.5 Å². The number of aryl methyl sites for hydroxylation is 1. The maximum Gasteiger partial charge on any atom is 0.317 e. The monoisotopic (exact) mass is 444 g/mol. The quantitative estimate of drug-likeness (QED) is 0.661. The molecule has 0 spiro atoms. The van der Waals surface area contributed by atoms with Crippen LogP contribution in [0.25, 0.3) is 0 Å². The molecule has 164 valence electrons. The lowest BCUT2D eigenvalue weighted by Crippen LogP contribution is -2.37. The zero-order chi connectivity index (χ0) is 22.0. The highest BCUT2D eigenvalue weighted by molar-refractivity contribution is 7.17. The highest BCUT2D eigenvalue weighted by atomic mass is 32.1. The molecular weight excluding hydrogens is 419 g/mol. The lowest BCUT2D eigenvalue weighted by atomic mass is 9.78. The number of nitrogens with two attached hydrogens (primary N) is 1. The number of hydrogen-bond donors (Lipinski definition) is 2. The standard InChI is InChI=1S/C23H25FN2O4S/c24-16-9-3-2-8-15(16)23(11-5-6-12-23)22(29)30-13-18(27)26-21-19(20(25)28)14-7-1-4-10-17(14)31-21/h2-3,8-9H,1,4-7,10-13H2,(H2,25,28)(H,26,27). The van der Waals surface area contributed by atoms with Crippen molar-refractivity contribution in [3.05, 3.63) is 51.7 Å². The summed E-state index contributed by atoms with van der Waals surface area (Å²) in [6.07, 6.45) is 6.19. The number of amides is 2. The van der Waals surface area contributed by atoms with Gasteiger partial charge in [0, 0.05) is 10.4 Å². The second-order valence-electron chi connectivity index (χ2n) is 8.17. The topological polar surface area (TPSA) is 98.5 Å². The lowest BCUT2D eigenvalue weighted by Gasteiger charge is -2.27. The number of thiophene rings is 1. The minimum atomic E-state index is -1.06. The minimum Gasteiger partial charge on any atom is -0.455 e. The summed E-state index contributed by atoms with van der Waals surface area (Å²) in [5.41, 5.74) is 6.09. The molecule has 1 aromatic heterocycles. The molecule has 0 atom stereocenters. The first-order valence-electron chi connectivity index (χ1n) is 10.6. The van der Waals surface area contributed by atoms with Crippen molar-refractivity contribution in [3.8, 4) is 0 Å². The molecule has 4 rings (SSSR count). The fourth-order valence-corrected chi connectivity index (χ4v) is 6.07. The third-order valence-corrected chi connectivity index (χ3v) is 7.45. The number of benzene rings is 1. The molecule has 0 aliphatic heterocycles. The Morgan fingerprint density at radius 1 is 1.10 bits per heavy atom. The molecule has 6 nitrogen and oxygen atoms in total. The summed E-state index contributed by atoms with van der Waals surface area (Å²) in [4.78, 5) is 38.5. The number of carbonyl (C=O) groups is 3. The van der Waals surface area contributed by atoms with Crippen molar-refractivity contribution in [2.45, 2.75) is 56.8 Å². The van der Waals surface area contributed by atoms with Crippen LogP contribution in [0.2, 0.25) is 0 Å². The molecule has 2 amide bonds. The van der Waals surface area contributed by atoms with Gasteiger partial charge in [-0.3, -0.25) is 14.4 Å². The highest BCUT2D eigenvalue weighted by Crippen LogP contribution is 2.43. The number of ether oxygens (including phenoxy) is 1. The first-order valence-corrected chi connectivity index (χ1v) is 11.4. The smallest absolute Gasteiger partial charge is 0.317 e. The van der Waals surface area contributed by atoms with Gasteiger partial charge in [-0.15, -0.1) is 11.3 Å². The number of nitrogens with one attached hydrogen (secondary N) is 1. The van der Waals surface area contributed by atoms with Crippen LogP contribution in [-0.2, 0) is 32.6 Å². The number of esters is 1. The van der Waals surface area contributed by atoms with Crippen molar-refractivity contribution in [1.29, 1.82) is 0 Å². The normalized spacial score (nSPS) is 17.1. The minimum absolute atomic E-state index is 0.319. The molecule has 2 aromatic rings. The summed E-state index contributed by atoms with van der Waals surface area (Å²) in [6, 6.07) is 6.22. The third-order valence-electron chi connectivity index (χ3n) is 6.24. The van der Waals surface area contributed by atoms with Gasteiger partial charge >= 0.3 is 5.97 Å². The Labute approximate surface area is 184 Å². The van der Waals surface area contributed by atoms with Gasteiger partial charge in [0.1, 0.15) is 10.8 Å². The summed E-state index contributed by atoms with van der Waals surface area (Å²) >= 11 is 1.35. The van der Waals surface area contributed by atoms with Crippen LogP contribution in [0, 0.1) is 5.82 Å². The van der Waals surface area contributed by atoms with Crippen LogP contribution in [0.1, 0.15) is 64.9 Å². The molecule has 0 saturated heterocycles. The maximum atomic E-state index is 14.4. The van der Waals surface area contributed by atoms with Gasteiger partial charge in [-0.05, 0) is 50.2 Å². The van der Waals surface area contributed by atoms with E-state index in [0.717, 1.165) is 49.0 Å². The number of rotatable bonds is 6. The van der Waals surface area contributed by atoms with E-state index in [-0.39, 0.29) is 0 Å². The fourth-order valence-electron chi connectivity index (χ4n) is 4.76. The molecule has 1 aromatic carbocycles. The van der Waals surface area contributed by atoms with E-state index in [2.05, 4.69) is 5.32 Å². The summed E-state index contributed by atoms with van der Waals surface area (Å²) in [7, 11) is 0. The Morgan fingerprint density at radius 3 is 2.52 bits per heavy atom. The van der Waals surface area contributed by atoms with Gasteiger partial charge in [0.05, 0.1) is 11.0 Å². The molecule has 1 fully saturated rings. The van der Waals surface area contributed by atoms with Crippen molar-refractivity contribution in [3.63, 3.8) is 0 Å². The van der Waals surface area contributed by atoms with Gasteiger partial charge in [-0.1, -0.05) is 31.0 Å². The van der Waals surface area contributed by atoms with Crippen LogP contribution in [0.3, 0.4) is 0 Å². The fraction of sp³-hybridized carbons (Fsp3) is 0.435. The van der Waals surface area contributed by atoms with Crippen molar-refractivity contribution >= 4 is 34.1 Å². The molecule has 1 saturated carbocycles. The largest absolute Gasteiger partial charge is 0.455 e. The van der Waals surface area contributed by atoms with Crippen molar-refractivity contribution in [2.24, 2.45) is 5.73 Å². The van der Waals surface area contributed by atoms with Crippen molar-refractivity contribution in [2.75, 3.05) is 11.9 Å². The van der Waals surface area contributed by atoms with Gasteiger partial charge in [-0.2, -0.15) is 0 Å². The van der Waals surface area contributed by atoms with Gasteiger partial charge in [0.15, 0.2) is 6.61 Å². The predicted octanol–water partition coefficient (Wildman–Crippen LogP) is 3.86. The summed E-state index contributed by atoms with van der Waals surface area (Å²) < 4.78 is 19.8. The van der Waals surface area contributed by atoms with E-state index < -0.39 is 35.6 Å². The average Bonchev–Trinajstić information content (AvgIpc) is 3.37. The number of fused-ring (bicyclic) bond motifs is 1. The molecule has 1 heterocycles. The molecular formula is C23H25FN2O4S. The highest BCUT2D eigenvalue weighted by Gasteiger charge is 2.46. The van der Waals surface area contributed by atoms with Crippen LogP contribution < -0.4 is 11.1 Å². The van der Waals surface area contributed by atoms with Gasteiger partial charge in [0.25, 0.3) is 11.8 Å². The molecule has 2 aliphatic rings. The summed E-state index contributed by atoms with van der Waals surface area (Å²) in [5, 5.41) is 3.09. The molecule has 0 radical (unpaired) electrons. The zero-order valence-electron chi connectivity index (χ0n) is 17.2. The van der Waals surface area contributed by atoms with Crippen LogP contribution >= 0.6 is 11.3 Å². The Morgan fingerprint density at radius 2 is 1.81 bits per heavy atom. The average molecular weight is 445 g/mol. The second-order valence-corrected chi connectivity index (χ2v) is 9.28. The zero-order valence-corrected chi connectivity index (χ0v) is 18.0. The van der Waals surface area contributed by atoms with Crippen LogP contribution in [0.15, 0.2) is 24.3 Å². The molecule has 3 N–H and O–H groups in total. The summed E-state index contributed by atoms with van der Waals surface area (Å²) in [6.45, 7) is -0.504. The number of anilines is 1. The van der Waals surface area contributed by atoms with Gasteiger partial charge in [-0.25, -0.2) is 4.39 Å². The Balaban J connectivity index is 1.47. The first kappa shape index (κ1) is 21.5. The number of halogens is 1. The SMILES string of the molecule is NC(=O)c1c(NC(=O)COC(=O)C2(c3ccccc3F)CCCC2)sc2c1CCCC2. The molecule has 0 unspecified atom stereocenters. The van der Waals surface area contributed by atoms with E-state index in [9.17, 15) is 18.8 Å². The number of primary amides is 1. The Bertz CT molecular complexity index is 1030. The number of hydrogen-bond acceptors (Lipinski definition) is 5. The second kappa shape index (κ2) is 8.78. The van der Waals surface area contributed by atoms with Crippen LogP contribution in [-0.4, -0.2) is 24.4 Å². The van der Waals surface area contributed by atoms with Gasteiger partial charge in [0.2, 0.25) is 0 Å². The Hall–Kier alpha value is -2.74. The summed E-state index contributed by atoms with van der Waals surface area (Å²) in [5.74, 6) is -2.15. The molecule has 0 bridgehead atoms. The van der Waals surface area contributed by atoms with E-state index in [1.807, 2.05) is 0 Å². The lowest BCUT2D eigenvalue weighted by molar-refractivity contribution is -0.153. The molecule has 2 aliphatic carbocycles. The van der Waals surface area contributed by atoms with E-state index in [0.29, 0.717) is 29.0 Å². The van der Waals surface area contributed by atoms with E-state index >= 15 is 0 Å². The first-order chi connectivity index (χ1) is 14.9. The maximum absolute atomic E-state index is 14.4. The van der Waals surface area contributed by atoms with E-state index in [1.165, 1.54) is 17.4 Å². The third kappa shape index (κ3) is 4.08. The van der Waals surface area contributed by atoms with Crippen LogP contribution in [0.4, 0.5) is 9.39 Å². The molecule has 8 heteroatoms. The Kier molecular flexibility index (Phi) is 6.09. The van der Waals surface area contributed by atoms with E-state index in [1.54, 1.807) is 18.2 Å².